The number of aliphatic hydroxyl groups is 1. The zero-order chi connectivity index (χ0) is 22.3. The quantitative estimate of drug-likeness (QED) is 0.596. The third-order valence-electron chi connectivity index (χ3n) is 5.90. The average molecular weight is 442 g/mol. The number of β-amino-alcohol motifs (C(OH)–C–C–N with tert-alkyl or cyclic N) is 1. The fraction of sp³-hybridized carbons (Fsp3) is 0.429. The van der Waals surface area contributed by atoms with Crippen LogP contribution in [0.25, 0.3) is 11.0 Å². The fourth-order valence-corrected chi connectivity index (χ4v) is 4.62. The maximum atomic E-state index is 9.79. The number of hydrogen-bond acceptors (Lipinski definition) is 8. The molecule has 10 heteroatoms. The van der Waals surface area contributed by atoms with Crippen LogP contribution >= 0.6 is 11.6 Å². The number of halogens is 1. The Hall–Kier alpha value is -2.93. The largest absolute Gasteiger partial charge is 0.496 e. The van der Waals surface area contributed by atoms with Gasteiger partial charge in [0.25, 0.3) is 0 Å². The Bertz CT molecular complexity index is 1180. The number of anilines is 1. The number of methoxy groups -OCH3 is 1. The zero-order valence-electron chi connectivity index (χ0n) is 17.6. The van der Waals surface area contributed by atoms with Crippen LogP contribution in [-0.2, 0) is 0 Å². The van der Waals surface area contributed by atoms with Crippen LogP contribution in [0.3, 0.4) is 0 Å². The molecule has 1 atom stereocenters. The molecule has 3 heterocycles. The molecule has 0 radical (unpaired) electrons. The van der Waals surface area contributed by atoms with Crippen molar-refractivity contribution in [3.05, 3.63) is 39.8 Å². The Kier molecular flexibility index (Phi) is 5.71. The molecule has 1 fully saturated rings. The van der Waals surface area contributed by atoms with Gasteiger partial charge in [0.1, 0.15) is 24.0 Å². The highest BCUT2D eigenvalue weighted by Crippen LogP contribution is 2.44. The van der Waals surface area contributed by atoms with Crippen LogP contribution in [-0.4, -0.2) is 63.1 Å². The molecule has 1 aliphatic heterocycles. The van der Waals surface area contributed by atoms with Crippen molar-refractivity contribution in [3.8, 4) is 11.8 Å². The smallest absolute Gasteiger partial charge is 0.164 e. The lowest BCUT2D eigenvalue weighted by atomic mass is 9.85. The van der Waals surface area contributed by atoms with Gasteiger partial charge in [0.2, 0.25) is 0 Å². The van der Waals surface area contributed by atoms with Gasteiger partial charge in [-0.05, 0) is 19.9 Å². The van der Waals surface area contributed by atoms with Crippen LogP contribution in [0.15, 0.2) is 12.4 Å². The molecule has 0 spiro atoms. The number of nitriles is 1. The van der Waals surface area contributed by atoms with Gasteiger partial charge in [0, 0.05) is 36.7 Å². The fourth-order valence-electron chi connectivity index (χ4n) is 4.36. The number of nitrogen functional groups attached to an aromatic ring is 1. The summed E-state index contributed by atoms with van der Waals surface area (Å²) < 4.78 is 7.62. The van der Waals surface area contributed by atoms with Gasteiger partial charge in [-0.25, -0.2) is 14.6 Å². The highest BCUT2D eigenvalue weighted by molar-refractivity contribution is 6.32. The van der Waals surface area contributed by atoms with Crippen molar-refractivity contribution in [2.45, 2.75) is 25.8 Å². The normalized spacial score (nSPS) is 15.6. The summed E-state index contributed by atoms with van der Waals surface area (Å²) in [5.41, 5.74) is 9.44. The van der Waals surface area contributed by atoms with E-state index in [1.165, 1.54) is 6.33 Å². The van der Waals surface area contributed by atoms with Gasteiger partial charge in [-0.2, -0.15) is 10.4 Å². The van der Waals surface area contributed by atoms with Crippen molar-refractivity contribution in [1.29, 1.82) is 5.26 Å². The molecule has 2 aromatic heterocycles. The van der Waals surface area contributed by atoms with Gasteiger partial charge < -0.3 is 15.6 Å². The second-order valence-corrected chi connectivity index (χ2v) is 8.13. The molecule has 1 aliphatic rings. The predicted octanol–water partition coefficient (Wildman–Crippen LogP) is 2.25. The van der Waals surface area contributed by atoms with Crippen LogP contribution in [0.5, 0.6) is 5.75 Å². The third-order valence-corrected chi connectivity index (χ3v) is 6.20. The number of nitrogens with two attached hydrogens (primary N) is 1. The van der Waals surface area contributed by atoms with E-state index in [0.717, 1.165) is 29.9 Å². The van der Waals surface area contributed by atoms with E-state index in [4.69, 9.17) is 22.1 Å². The first-order valence-electron chi connectivity index (χ1n) is 10.00. The summed E-state index contributed by atoms with van der Waals surface area (Å²) in [4.78, 5) is 10.6. The molecule has 0 aliphatic carbocycles. The van der Waals surface area contributed by atoms with E-state index in [1.807, 2.05) is 13.8 Å². The number of aromatic nitrogens is 4. The summed E-state index contributed by atoms with van der Waals surface area (Å²) in [6, 6.07) is 3.73. The molecule has 162 valence electrons. The van der Waals surface area contributed by atoms with E-state index >= 15 is 0 Å². The molecule has 1 aromatic carbocycles. The van der Waals surface area contributed by atoms with Crippen LogP contribution in [0.4, 0.5) is 5.82 Å². The number of fused-ring (bicyclic) bond motifs is 1. The third kappa shape index (κ3) is 3.47. The van der Waals surface area contributed by atoms with Crippen molar-refractivity contribution in [3.63, 3.8) is 0 Å². The minimum atomic E-state index is -0.280. The molecule has 3 aromatic rings. The predicted molar refractivity (Wildman–Crippen MR) is 117 cm³/mol. The summed E-state index contributed by atoms with van der Waals surface area (Å²) in [5.74, 6) is 1.10. The molecular formula is C21H24ClN7O2. The Labute approximate surface area is 185 Å². The Morgan fingerprint density at radius 3 is 2.81 bits per heavy atom. The first-order chi connectivity index (χ1) is 14.9. The van der Waals surface area contributed by atoms with E-state index < -0.39 is 0 Å². The van der Waals surface area contributed by atoms with Crippen molar-refractivity contribution >= 4 is 28.5 Å². The molecule has 4 rings (SSSR count). The highest BCUT2D eigenvalue weighted by Gasteiger charge is 2.35. The zero-order valence-corrected chi connectivity index (χ0v) is 18.4. The minimum absolute atomic E-state index is 0.0925. The lowest BCUT2D eigenvalue weighted by Gasteiger charge is -2.40. The summed E-state index contributed by atoms with van der Waals surface area (Å²) in [6.45, 7) is 6.01. The van der Waals surface area contributed by atoms with Crippen LogP contribution in [0, 0.1) is 18.3 Å². The second-order valence-electron chi connectivity index (χ2n) is 7.72. The Morgan fingerprint density at radius 2 is 2.16 bits per heavy atom. The first-order valence-corrected chi connectivity index (χ1v) is 10.4. The van der Waals surface area contributed by atoms with E-state index in [0.29, 0.717) is 39.7 Å². The van der Waals surface area contributed by atoms with Crippen molar-refractivity contribution in [2.75, 3.05) is 39.1 Å². The van der Waals surface area contributed by atoms with E-state index in [2.05, 4.69) is 26.0 Å². The summed E-state index contributed by atoms with van der Waals surface area (Å²) in [6.07, 6.45) is 1.42. The molecule has 0 amide bonds. The van der Waals surface area contributed by atoms with E-state index in [9.17, 15) is 10.4 Å². The van der Waals surface area contributed by atoms with Crippen molar-refractivity contribution in [1.82, 2.24) is 24.6 Å². The summed E-state index contributed by atoms with van der Waals surface area (Å²) >= 11 is 6.56. The number of benzene rings is 1. The topological polar surface area (TPSA) is 126 Å². The van der Waals surface area contributed by atoms with Gasteiger partial charge in [0.15, 0.2) is 5.65 Å². The molecule has 31 heavy (non-hydrogen) atoms. The lowest BCUT2D eigenvalue weighted by molar-refractivity contribution is 0.114. The molecule has 1 saturated heterocycles. The number of nitrogens with zero attached hydrogens (tertiary/aromatic N) is 6. The van der Waals surface area contributed by atoms with Crippen LogP contribution < -0.4 is 10.5 Å². The highest BCUT2D eigenvalue weighted by atomic mass is 35.5. The maximum absolute atomic E-state index is 9.79. The number of rotatable bonds is 6. The number of ether oxygens (including phenoxy) is 1. The monoisotopic (exact) mass is 441 g/mol. The maximum Gasteiger partial charge on any atom is 0.164 e. The molecule has 0 unspecified atom stereocenters. The average Bonchev–Trinajstić information content (AvgIpc) is 3.07. The molecular weight excluding hydrogens is 418 g/mol. The van der Waals surface area contributed by atoms with Crippen LogP contribution in [0.1, 0.15) is 41.3 Å². The standard InChI is InChI=1S/C21H24ClN7O2/c1-11-17-20(24)25-10-26-21(17)29(27-11)12(2)14-6-16(22)15(7-23)18(19(14)31-3)13-8-28(9-13)4-5-30/h6,10,12-13,30H,4-5,8-9H2,1-3H3,(H2,24,25,26)/t12-/m1/s1. The molecule has 0 saturated carbocycles. The number of aliphatic hydroxyl groups excluding tert-OH is 1. The summed E-state index contributed by atoms with van der Waals surface area (Å²) in [5, 5.41) is 24.7. The van der Waals surface area contributed by atoms with Gasteiger partial charge in [0.05, 0.1) is 41.4 Å². The minimum Gasteiger partial charge on any atom is -0.496 e. The van der Waals surface area contributed by atoms with E-state index in [-0.39, 0.29) is 18.6 Å². The molecule has 0 bridgehead atoms. The van der Waals surface area contributed by atoms with Gasteiger partial charge in [-0.1, -0.05) is 11.6 Å². The SMILES string of the molecule is COc1c([C@@H](C)n2nc(C)c3c(N)ncnc32)cc(Cl)c(C#N)c1C1CN(CCO)C1. The van der Waals surface area contributed by atoms with E-state index in [1.54, 1.807) is 17.9 Å². The first kappa shape index (κ1) is 21.3. The van der Waals surface area contributed by atoms with Crippen LogP contribution in [0.2, 0.25) is 5.02 Å². The Morgan fingerprint density at radius 1 is 1.42 bits per heavy atom. The molecule has 9 nitrogen and oxygen atoms in total. The Balaban J connectivity index is 1.84. The van der Waals surface area contributed by atoms with Gasteiger partial charge >= 0.3 is 0 Å². The summed E-state index contributed by atoms with van der Waals surface area (Å²) in [7, 11) is 1.60. The van der Waals surface area contributed by atoms with Crippen molar-refractivity contribution in [2.24, 2.45) is 0 Å². The number of aryl methyl sites for hydroxylation is 1. The lowest BCUT2D eigenvalue weighted by Crippen LogP contribution is -2.46. The number of likely N-dealkylation sites (tertiary alicyclic amines) is 1. The number of hydrogen-bond donors (Lipinski definition) is 2. The molecule has 3 N–H and O–H groups in total. The van der Waals surface area contributed by atoms with Crippen molar-refractivity contribution < 1.29 is 9.84 Å². The second kappa shape index (κ2) is 8.30. The van der Waals surface area contributed by atoms with Gasteiger partial charge in [-0.15, -0.1) is 0 Å². The van der Waals surface area contributed by atoms with Gasteiger partial charge in [-0.3, -0.25) is 4.90 Å².